The Labute approximate surface area is 168 Å². The molecule has 2 rings (SSSR count). The van der Waals surface area contributed by atoms with Crippen LogP contribution in [0.25, 0.3) is 5.82 Å². The van der Waals surface area contributed by atoms with Crippen LogP contribution in [-0.4, -0.2) is 45.2 Å². The Balaban J connectivity index is 0.00000312. The van der Waals surface area contributed by atoms with Crippen molar-refractivity contribution in [3.8, 4) is 5.82 Å². The lowest BCUT2D eigenvalue weighted by Crippen LogP contribution is -2.34. The van der Waals surface area contributed by atoms with Crippen molar-refractivity contribution < 1.29 is 4.79 Å². The van der Waals surface area contributed by atoms with Crippen LogP contribution in [0.5, 0.6) is 0 Å². The summed E-state index contributed by atoms with van der Waals surface area (Å²) in [4.78, 5) is 18.8. The first-order valence-electron chi connectivity index (χ1n) is 8.45. The quantitative estimate of drug-likeness (QED) is 0.772. The van der Waals surface area contributed by atoms with Gasteiger partial charge in [0.25, 0.3) is 5.91 Å². The maximum absolute atomic E-state index is 12.8. The number of carbonyl (C=O) groups excluding carboxylic acids is 1. The molecule has 2 N–H and O–H groups in total. The minimum Gasteiger partial charge on any atom is -0.342 e. The van der Waals surface area contributed by atoms with Crippen LogP contribution in [-0.2, 0) is 6.42 Å². The summed E-state index contributed by atoms with van der Waals surface area (Å²) in [7, 11) is 1.81. The fourth-order valence-corrected chi connectivity index (χ4v) is 2.55. The molecule has 8 heteroatoms. The van der Waals surface area contributed by atoms with Gasteiger partial charge < -0.3 is 10.6 Å². The summed E-state index contributed by atoms with van der Waals surface area (Å²) in [6.45, 7) is 6.84. The van der Waals surface area contributed by atoms with Crippen LogP contribution in [0, 0.1) is 5.92 Å². The molecule has 6 nitrogen and oxygen atoms in total. The van der Waals surface area contributed by atoms with Crippen LogP contribution in [0.15, 0.2) is 30.6 Å². The van der Waals surface area contributed by atoms with E-state index >= 15 is 0 Å². The molecule has 0 aliphatic heterocycles. The minimum atomic E-state index is -0.0232. The first-order chi connectivity index (χ1) is 11.5. The van der Waals surface area contributed by atoms with Gasteiger partial charge in [-0.3, -0.25) is 4.79 Å². The average molecular weight is 402 g/mol. The Morgan fingerprint density at radius 2 is 2.00 bits per heavy atom. The second-order valence-electron chi connectivity index (χ2n) is 6.38. The normalized spacial score (nSPS) is 11.5. The Bertz CT molecular complexity index is 675. The van der Waals surface area contributed by atoms with E-state index in [-0.39, 0.29) is 36.8 Å². The van der Waals surface area contributed by atoms with Crippen molar-refractivity contribution in [2.45, 2.75) is 39.7 Å². The third kappa shape index (κ3) is 5.69. The Kier molecular flexibility index (Phi) is 10.5. The molecule has 0 spiro atoms. The number of amides is 1. The molecule has 0 radical (unpaired) electrons. The number of hydrogen-bond acceptors (Lipinski definition) is 4. The molecule has 2 heterocycles. The van der Waals surface area contributed by atoms with Crippen molar-refractivity contribution in [3.63, 3.8) is 0 Å². The monoisotopic (exact) mass is 401 g/mol. The molecule has 0 saturated heterocycles. The third-order valence-corrected chi connectivity index (χ3v) is 4.30. The van der Waals surface area contributed by atoms with Crippen LogP contribution >= 0.6 is 24.8 Å². The summed E-state index contributed by atoms with van der Waals surface area (Å²) in [5.74, 6) is 1.11. The molecule has 0 aliphatic rings. The molecule has 1 unspecified atom stereocenters. The molecule has 0 aliphatic carbocycles. The summed E-state index contributed by atoms with van der Waals surface area (Å²) < 4.78 is 1.74. The molecule has 1 atom stereocenters. The van der Waals surface area contributed by atoms with Gasteiger partial charge in [0, 0.05) is 25.8 Å². The highest BCUT2D eigenvalue weighted by atomic mass is 35.5. The zero-order valence-electron chi connectivity index (χ0n) is 15.8. The highest BCUT2D eigenvalue weighted by Gasteiger charge is 2.21. The molecule has 2 aromatic heterocycles. The molecule has 146 valence electrons. The number of rotatable bonds is 7. The number of nitrogens with two attached hydrogens (primary N) is 1. The lowest BCUT2D eigenvalue weighted by molar-refractivity contribution is 0.0788. The zero-order chi connectivity index (χ0) is 17.7. The molecule has 0 fully saturated rings. The van der Waals surface area contributed by atoms with Crippen LogP contribution < -0.4 is 5.73 Å². The van der Waals surface area contributed by atoms with Crippen molar-refractivity contribution in [2.75, 3.05) is 13.6 Å². The standard InChI is InChI=1S/C18H27N5O.2ClH/c1-5-16-14(12-21-23(16)17-8-6-7-10-20-17)18(24)22(4)11-9-15(19)13(2)3;;/h6-8,10,12-13,15H,5,9,11,19H2,1-4H3;2*1H. The van der Waals surface area contributed by atoms with Crippen LogP contribution in [0.1, 0.15) is 43.2 Å². The Morgan fingerprint density at radius 1 is 1.31 bits per heavy atom. The van der Waals surface area contributed by atoms with E-state index in [1.165, 1.54) is 0 Å². The molecule has 26 heavy (non-hydrogen) atoms. The molecular formula is C18H29Cl2N5O. The van der Waals surface area contributed by atoms with E-state index in [0.717, 1.165) is 17.9 Å². The van der Waals surface area contributed by atoms with Crippen molar-refractivity contribution in [3.05, 3.63) is 41.9 Å². The minimum absolute atomic E-state index is 0. The van der Waals surface area contributed by atoms with Gasteiger partial charge in [-0.15, -0.1) is 24.8 Å². The SMILES string of the molecule is CCc1c(C(=O)N(C)CCC(N)C(C)C)cnn1-c1ccccn1.Cl.Cl. The van der Waals surface area contributed by atoms with Gasteiger partial charge in [-0.25, -0.2) is 9.67 Å². The van der Waals surface area contributed by atoms with Gasteiger partial charge in [0.2, 0.25) is 0 Å². The number of pyridine rings is 1. The summed E-state index contributed by atoms with van der Waals surface area (Å²) in [6, 6.07) is 5.74. The van der Waals surface area contributed by atoms with Crippen molar-refractivity contribution in [1.82, 2.24) is 19.7 Å². The van der Waals surface area contributed by atoms with E-state index in [4.69, 9.17) is 5.73 Å². The number of hydrogen-bond donors (Lipinski definition) is 1. The number of nitrogens with zero attached hydrogens (tertiary/aromatic N) is 4. The average Bonchev–Trinajstić information content (AvgIpc) is 3.03. The summed E-state index contributed by atoms with van der Waals surface area (Å²) in [6.07, 6.45) is 4.85. The smallest absolute Gasteiger partial charge is 0.257 e. The van der Waals surface area contributed by atoms with Crippen LogP contribution in [0.3, 0.4) is 0 Å². The van der Waals surface area contributed by atoms with E-state index in [2.05, 4.69) is 23.9 Å². The molecule has 0 saturated carbocycles. The molecule has 2 aromatic rings. The first kappa shape index (κ1) is 24.4. The number of carbonyl (C=O) groups is 1. The predicted octanol–water partition coefficient (Wildman–Crippen LogP) is 3.12. The fraction of sp³-hybridized carbons (Fsp3) is 0.500. The summed E-state index contributed by atoms with van der Waals surface area (Å²) in [5.41, 5.74) is 7.58. The van der Waals surface area contributed by atoms with Crippen LogP contribution in [0.4, 0.5) is 0 Å². The molecule has 0 bridgehead atoms. The predicted molar refractivity (Wildman–Crippen MR) is 110 cm³/mol. The van der Waals surface area contributed by atoms with Crippen molar-refractivity contribution in [2.24, 2.45) is 11.7 Å². The number of aromatic nitrogens is 3. The Morgan fingerprint density at radius 3 is 2.54 bits per heavy atom. The Hall–Kier alpha value is -1.63. The van der Waals surface area contributed by atoms with Crippen molar-refractivity contribution in [1.29, 1.82) is 0 Å². The van der Waals surface area contributed by atoms with E-state index in [1.807, 2.05) is 32.2 Å². The van der Waals surface area contributed by atoms with Gasteiger partial charge in [-0.1, -0.05) is 26.8 Å². The van der Waals surface area contributed by atoms with E-state index < -0.39 is 0 Å². The van der Waals surface area contributed by atoms with Gasteiger partial charge in [-0.2, -0.15) is 5.10 Å². The van der Waals surface area contributed by atoms with Gasteiger partial charge in [0.1, 0.15) is 0 Å². The highest BCUT2D eigenvalue weighted by molar-refractivity contribution is 5.95. The molecule has 0 aromatic carbocycles. The van der Waals surface area contributed by atoms with E-state index in [0.29, 0.717) is 24.4 Å². The van der Waals surface area contributed by atoms with Gasteiger partial charge in [-0.05, 0) is 30.9 Å². The number of halogens is 2. The lowest BCUT2D eigenvalue weighted by Gasteiger charge is -2.21. The molecule has 1 amide bonds. The van der Waals surface area contributed by atoms with Gasteiger partial charge in [0.15, 0.2) is 5.82 Å². The zero-order valence-corrected chi connectivity index (χ0v) is 17.4. The van der Waals surface area contributed by atoms with Crippen molar-refractivity contribution >= 4 is 30.7 Å². The lowest BCUT2D eigenvalue weighted by atomic mass is 10.0. The first-order valence-corrected chi connectivity index (χ1v) is 8.45. The maximum atomic E-state index is 12.8. The summed E-state index contributed by atoms with van der Waals surface area (Å²) >= 11 is 0. The van der Waals surface area contributed by atoms with E-state index in [9.17, 15) is 4.79 Å². The topological polar surface area (TPSA) is 77.0 Å². The second kappa shape index (κ2) is 11.2. The van der Waals surface area contributed by atoms with Gasteiger partial charge >= 0.3 is 0 Å². The molecular weight excluding hydrogens is 373 g/mol. The van der Waals surface area contributed by atoms with Gasteiger partial charge in [0.05, 0.1) is 17.5 Å². The fourth-order valence-electron chi connectivity index (χ4n) is 2.55. The van der Waals surface area contributed by atoms with Crippen LogP contribution in [0.2, 0.25) is 0 Å². The second-order valence-corrected chi connectivity index (χ2v) is 6.38. The van der Waals surface area contributed by atoms with E-state index in [1.54, 1.807) is 22.0 Å². The maximum Gasteiger partial charge on any atom is 0.257 e. The summed E-state index contributed by atoms with van der Waals surface area (Å²) in [5, 5.41) is 4.37. The third-order valence-electron chi connectivity index (χ3n) is 4.30. The highest BCUT2D eigenvalue weighted by Crippen LogP contribution is 2.16. The largest absolute Gasteiger partial charge is 0.342 e.